The van der Waals surface area contributed by atoms with Crippen LogP contribution in [0, 0.1) is 0 Å². The third kappa shape index (κ3) is 4.00. The molecule has 0 aliphatic carbocycles. The van der Waals surface area contributed by atoms with E-state index in [1.54, 1.807) is 12.4 Å². The zero-order valence-electron chi connectivity index (χ0n) is 18.1. The van der Waals surface area contributed by atoms with Crippen LogP contribution < -0.4 is 15.5 Å². The Morgan fingerprint density at radius 1 is 1.10 bits per heavy atom. The molecule has 5 heterocycles. The van der Waals surface area contributed by atoms with E-state index in [1.807, 2.05) is 13.3 Å². The van der Waals surface area contributed by atoms with Crippen molar-refractivity contribution in [3.63, 3.8) is 0 Å². The van der Waals surface area contributed by atoms with Gasteiger partial charge in [-0.05, 0) is 12.8 Å². The van der Waals surface area contributed by atoms with E-state index in [2.05, 4.69) is 24.4 Å². The van der Waals surface area contributed by atoms with Crippen molar-refractivity contribution in [2.75, 3.05) is 74.8 Å². The number of rotatable bonds is 4. The van der Waals surface area contributed by atoms with E-state index in [4.69, 9.17) is 20.4 Å². The standard InChI is InChI=1S/C20H29N8O2P/c1-31(2,29)27-5-3-15(13-27)28-6-4-16-17(14-11-22-19(21)23-12-14)24-20(25-18(16)28)26-7-9-30-10-8-26/h11-12,15H,3-10,13H2,1-2H3,(H2,21,22,23). The van der Waals surface area contributed by atoms with E-state index in [0.29, 0.717) is 25.2 Å². The minimum Gasteiger partial charge on any atom is -0.378 e. The van der Waals surface area contributed by atoms with Crippen molar-refractivity contribution in [2.24, 2.45) is 0 Å². The fourth-order valence-electron chi connectivity index (χ4n) is 4.64. The maximum atomic E-state index is 12.6. The van der Waals surface area contributed by atoms with Crippen LogP contribution >= 0.6 is 7.29 Å². The zero-order valence-corrected chi connectivity index (χ0v) is 19.0. The fraction of sp³-hybridized carbons (Fsp3) is 0.600. The summed E-state index contributed by atoms with van der Waals surface area (Å²) in [5.74, 6) is 1.95. The van der Waals surface area contributed by atoms with Gasteiger partial charge in [0.2, 0.25) is 11.9 Å². The largest absolute Gasteiger partial charge is 0.378 e. The molecule has 11 heteroatoms. The predicted octanol–water partition coefficient (Wildman–Crippen LogP) is 1.33. The lowest BCUT2D eigenvalue weighted by Gasteiger charge is -2.30. The van der Waals surface area contributed by atoms with Crippen LogP contribution in [0.3, 0.4) is 0 Å². The molecule has 3 aliphatic rings. The molecule has 0 aromatic carbocycles. The molecule has 5 rings (SSSR count). The number of nitrogens with zero attached hydrogens (tertiary/aromatic N) is 7. The lowest BCUT2D eigenvalue weighted by molar-refractivity contribution is 0.122. The van der Waals surface area contributed by atoms with Crippen LogP contribution in [0.15, 0.2) is 12.4 Å². The molecule has 166 valence electrons. The van der Waals surface area contributed by atoms with Gasteiger partial charge >= 0.3 is 0 Å². The maximum absolute atomic E-state index is 12.6. The summed E-state index contributed by atoms with van der Waals surface area (Å²) in [7, 11) is -2.25. The van der Waals surface area contributed by atoms with E-state index in [9.17, 15) is 4.57 Å². The van der Waals surface area contributed by atoms with E-state index in [1.165, 1.54) is 0 Å². The van der Waals surface area contributed by atoms with Gasteiger partial charge in [0, 0.05) is 75.6 Å². The molecule has 2 saturated heterocycles. The van der Waals surface area contributed by atoms with Crippen LogP contribution in [0.2, 0.25) is 0 Å². The minimum atomic E-state index is -2.25. The van der Waals surface area contributed by atoms with Crippen LogP contribution in [0.5, 0.6) is 0 Å². The Balaban J connectivity index is 1.53. The quantitative estimate of drug-likeness (QED) is 0.693. The van der Waals surface area contributed by atoms with Crippen LogP contribution in [-0.4, -0.2) is 89.9 Å². The second-order valence-corrected chi connectivity index (χ2v) is 11.8. The van der Waals surface area contributed by atoms with Gasteiger partial charge in [0.25, 0.3) is 0 Å². The van der Waals surface area contributed by atoms with Crippen LogP contribution in [-0.2, 0) is 15.7 Å². The monoisotopic (exact) mass is 444 g/mol. The van der Waals surface area contributed by atoms with E-state index < -0.39 is 7.29 Å². The van der Waals surface area contributed by atoms with E-state index in [-0.39, 0.29) is 5.95 Å². The molecule has 10 nitrogen and oxygen atoms in total. The number of hydrogen-bond donors (Lipinski definition) is 1. The van der Waals surface area contributed by atoms with Gasteiger partial charge in [-0.15, -0.1) is 0 Å². The third-order valence-electron chi connectivity index (χ3n) is 6.35. The number of hydrogen-bond acceptors (Lipinski definition) is 9. The van der Waals surface area contributed by atoms with Gasteiger partial charge in [-0.3, -0.25) is 4.67 Å². The van der Waals surface area contributed by atoms with Crippen molar-refractivity contribution < 1.29 is 9.30 Å². The first-order chi connectivity index (χ1) is 14.9. The molecule has 1 unspecified atom stereocenters. The lowest BCUT2D eigenvalue weighted by Crippen LogP contribution is -2.39. The van der Waals surface area contributed by atoms with Gasteiger partial charge in [-0.25, -0.2) is 15.0 Å². The summed E-state index contributed by atoms with van der Waals surface area (Å²) < 4.78 is 20.2. The Morgan fingerprint density at radius 3 is 2.52 bits per heavy atom. The number of morpholine rings is 1. The smallest absolute Gasteiger partial charge is 0.228 e. The Kier molecular flexibility index (Phi) is 5.32. The molecular formula is C20H29N8O2P. The molecular weight excluding hydrogens is 415 g/mol. The predicted molar refractivity (Wildman–Crippen MR) is 121 cm³/mol. The van der Waals surface area contributed by atoms with Gasteiger partial charge < -0.3 is 24.8 Å². The second kappa shape index (κ2) is 8.00. The summed E-state index contributed by atoms with van der Waals surface area (Å²) in [6.07, 6.45) is 5.32. The van der Waals surface area contributed by atoms with Gasteiger partial charge in [0.1, 0.15) is 13.1 Å². The van der Waals surface area contributed by atoms with Crippen molar-refractivity contribution in [2.45, 2.75) is 18.9 Å². The third-order valence-corrected chi connectivity index (χ3v) is 8.08. The summed E-state index contributed by atoms with van der Waals surface area (Å²) in [4.78, 5) is 22.9. The van der Waals surface area contributed by atoms with Crippen molar-refractivity contribution in [1.29, 1.82) is 0 Å². The van der Waals surface area contributed by atoms with Crippen molar-refractivity contribution in [1.82, 2.24) is 24.6 Å². The van der Waals surface area contributed by atoms with Crippen molar-refractivity contribution >= 4 is 25.0 Å². The van der Waals surface area contributed by atoms with E-state index >= 15 is 0 Å². The highest BCUT2D eigenvalue weighted by molar-refractivity contribution is 7.59. The number of anilines is 3. The van der Waals surface area contributed by atoms with Gasteiger partial charge in [0.15, 0.2) is 0 Å². The van der Waals surface area contributed by atoms with E-state index in [0.717, 1.165) is 68.2 Å². The Morgan fingerprint density at radius 2 is 1.84 bits per heavy atom. The highest BCUT2D eigenvalue weighted by atomic mass is 31.2. The molecule has 0 bridgehead atoms. The van der Waals surface area contributed by atoms with Gasteiger partial charge in [-0.2, -0.15) is 4.98 Å². The normalized spacial score (nSPS) is 22.2. The lowest BCUT2D eigenvalue weighted by atomic mass is 10.1. The van der Waals surface area contributed by atoms with Gasteiger partial charge in [-0.1, -0.05) is 0 Å². The first kappa shape index (κ1) is 20.6. The molecule has 0 saturated carbocycles. The summed E-state index contributed by atoms with van der Waals surface area (Å²) >= 11 is 0. The molecule has 2 N–H and O–H groups in total. The first-order valence-corrected chi connectivity index (χ1v) is 13.3. The number of nitrogen functional groups attached to an aromatic ring is 1. The zero-order chi connectivity index (χ0) is 21.6. The Bertz CT molecular complexity index is 1000. The van der Waals surface area contributed by atoms with Crippen molar-refractivity contribution in [3.8, 4) is 11.3 Å². The molecule has 1 atom stereocenters. The SMILES string of the molecule is CP(C)(=O)N1CCC(N2CCc3c(-c4cnc(N)nc4)nc(N4CCOCC4)nc32)C1. The minimum absolute atomic E-state index is 0.249. The average molecular weight is 444 g/mol. The molecule has 31 heavy (non-hydrogen) atoms. The summed E-state index contributed by atoms with van der Waals surface area (Å²) in [6, 6.07) is 0.303. The molecule has 2 aromatic heterocycles. The van der Waals surface area contributed by atoms with Crippen LogP contribution in [0.25, 0.3) is 11.3 Å². The van der Waals surface area contributed by atoms with Crippen molar-refractivity contribution in [3.05, 3.63) is 18.0 Å². The second-order valence-electron chi connectivity index (χ2n) is 8.70. The van der Waals surface area contributed by atoms with Crippen LogP contribution in [0.4, 0.5) is 17.7 Å². The molecule has 0 spiro atoms. The van der Waals surface area contributed by atoms with Crippen LogP contribution in [0.1, 0.15) is 12.0 Å². The summed E-state index contributed by atoms with van der Waals surface area (Å²) in [6.45, 7) is 9.13. The number of aromatic nitrogens is 4. The molecule has 3 aliphatic heterocycles. The molecule has 2 aromatic rings. The molecule has 2 fully saturated rings. The average Bonchev–Trinajstić information content (AvgIpc) is 3.41. The first-order valence-electron chi connectivity index (χ1n) is 10.8. The fourth-order valence-corrected chi connectivity index (χ4v) is 5.82. The Labute approximate surface area is 182 Å². The topological polar surface area (TPSA) is 114 Å². The molecule has 0 radical (unpaired) electrons. The maximum Gasteiger partial charge on any atom is 0.228 e. The molecule has 0 amide bonds. The summed E-state index contributed by atoms with van der Waals surface area (Å²) in [5, 5.41) is 0. The Hall–Kier alpha value is -2.29. The van der Waals surface area contributed by atoms with Gasteiger partial charge in [0.05, 0.1) is 18.9 Å². The number of ether oxygens (including phenoxy) is 1. The number of fused-ring (bicyclic) bond motifs is 1. The number of nitrogens with two attached hydrogens (primary N) is 1. The highest BCUT2D eigenvalue weighted by Crippen LogP contribution is 2.45. The highest BCUT2D eigenvalue weighted by Gasteiger charge is 2.38. The summed E-state index contributed by atoms with van der Waals surface area (Å²) in [5.41, 5.74) is 8.56.